The highest BCUT2D eigenvalue weighted by Crippen LogP contribution is 2.15. The second-order valence-electron chi connectivity index (χ2n) is 7.31. The number of carboxylic acid groups (broad SMARTS) is 1. The molecule has 2 N–H and O–H groups in total. The maximum atomic E-state index is 12.3. The molecule has 5 heteroatoms. The Labute approximate surface area is 159 Å². The van der Waals surface area contributed by atoms with Crippen LogP contribution in [0.3, 0.4) is 0 Å². The van der Waals surface area contributed by atoms with Crippen molar-refractivity contribution in [3.05, 3.63) is 77.9 Å². The van der Waals surface area contributed by atoms with E-state index < -0.39 is 17.9 Å². The van der Waals surface area contributed by atoms with E-state index in [4.69, 9.17) is 4.74 Å². The SMILES string of the molecule is CC(C)(C)/C=C/C(NC(=O)c1ccc(COc2ccccc2)cc1)C(=O)O. The summed E-state index contributed by atoms with van der Waals surface area (Å²) in [6.07, 6.45) is 3.28. The average molecular weight is 367 g/mol. The average Bonchev–Trinajstić information content (AvgIpc) is 2.63. The van der Waals surface area contributed by atoms with E-state index in [0.717, 1.165) is 11.3 Å². The molecule has 0 aromatic heterocycles. The molecule has 0 aliphatic carbocycles. The smallest absolute Gasteiger partial charge is 0.330 e. The summed E-state index contributed by atoms with van der Waals surface area (Å²) in [5, 5.41) is 11.8. The summed E-state index contributed by atoms with van der Waals surface area (Å²) in [5.41, 5.74) is 1.14. The number of para-hydroxylation sites is 1. The van der Waals surface area contributed by atoms with E-state index in [-0.39, 0.29) is 5.41 Å². The van der Waals surface area contributed by atoms with Crippen molar-refractivity contribution in [1.82, 2.24) is 5.32 Å². The monoisotopic (exact) mass is 367 g/mol. The molecule has 0 fully saturated rings. The lowest BCUT2D eigenvalue weighted by molar-refractivity contribution is -0.137. The van der Waals surface area contributed by atoms with E-state index >= 15 is 0 Å². The van der Waals surface area contributed by atoms with Gasteiger partial charge in [0.15, 0.2) is 0 Å². The zero-order valence-corrected chi connectivity index (χ0v) is 15.8. The summed E-state index contributed by atoms with van der Waals surface area (Å²) in [7, 11) is 0. The van der Waals surface area contributed by atoms with E-state index in [0.29, 0.717) is 12.2 Å². The lowest BCUT2D eigenvalue weighted by Crippen LogP contribution is -2.39. The number of hydrogen-bond donors (Lipinski definition) is 2. The van der Waals surface area contributed by atoms with Crippen molar-refractivity contribution in [1.29, 1.82) is 0 Å². The van der Waals surface area contributed by atoms with Crippen molar-refractivity contribution >= 4 is 11.9 Å². The van der Waals surface area contributed by atoms with Gasteiger partial charge >= 0.3 is 5.97 Å². The number of benzene rings is 2. The maximum Gasteiger partial charge on any atom is 0.330 e. The van der Waals surface area contributed by atoms with Gasteiger partial charge in [0, 0.05) is 5.56 Å². The Balaban J connectivity index is 1.97. The van der Waals surface area contributed by atoms with Gasteiger partial charge in [0.1, 0.15) is 18.4 Å². The predicted octanol–water partition coefficient (Wildman–Crippen LogP) is 4.05. The third-order valence-electron chi connectivity index (χ3n) is 3.71. The number of carbonyl (C=O) groups excluding carboxylic acids is 1. The minimum absolute atomic E-state index is 0.168. The zero-order chi connectivity index (χ0) is 19.9. The van der Waals surface area contributed by atoms with E-state index in [1.54, 1.807) is 30.3 Å². The number of aliphatic carboxylic acids is 1. The molecule has 2 aromatic carbocycles. The summed E-state index contributed by atoms with van der Waals surface area (Å²) < 4.78 is 5.66. The molecule has 1 atom stereocenters. The van der Waals surface area contributed by atoms with Crippen molar-refractivity contribution in [3.63, 3.8) is 0 Å². The Bertz CT molecular complexity index is 789. The molecule has 5 nitrogen and oxygen atoms in total. The molecule has 0 radical (unpaired) electrons. The Kier molecular flexibility index (Phi) is 6.77. The van der Waals surface area contributed by atoms with Crippen LogP contribution in [0.15, 0.2) is 66.7 Å². The van der Waals surface area contributed by atoms with Gasteiger partial charge in [-0.15, -0.1) is 0 Å². The van der Waals surface area contributed by atoms with E-state index in [1.165, 1.54) is 6.08 Å². The van der Waals surface area contributed by atoms with Gasteiger partial charge in [-0.1, -0.05) is 63.3 Å². The van der Waals surface area contributed by atoms with Crippen LogP contribution < -0.4 is 10.1 Å². The summed E-state index contributed by atoms with van der Waals surface area (Å²) in [6.45, 7) is 6.26. The first-order valence-electron chi connectivity index (χ1n) is 8.74. The molecular formula is C22H25NO4. The highest BCUT2D eigenvalue weighted by Gasteiger charge is 2.19. The molecule has 1 amide bonds. The molecule has 0 spiro atoms. The molecule has 0 saturated carbocycles. The minimum atomic E-state index is -1.10. The highest BCUT2D eigenvalue weighted by molar-refractivity contribution is 5.97. The largest absolute Gasteiger partial charge is 0.489 e. The summed E-state index contributed by atoms with van der Waals surface area (Å²) in [4.78, 5) is 23.7. The van der Waals surface area contributed by atoms with Crippen molar-refractivity contribution in [3.8, 4) is 5.75 Å². The van der Waals surface area contributed by atoms with Gasteiger partial charge in [0.05, 0.1) is 0 Å². The van der Waals surface area contributed by atoms with Crippen molar-refractivity contribution in [2.24, 2.45) is 5.41 Å². The summed E-state index contributed by atoms with van der Waals surface area (Å²) in [5.74, 6) is -0.762. The lowest BCUT2D eigenvalue weighted by Gasteiger charge is -2.15. The Morgan fingerprint density at radius 3 is 2.26 bits per heavy atom. The number of carboxylic acids is 1. The van der Waals surface area contributed by atoms with E-state index in [9.17, 15) is 14.7 Å². The van der Waals surface area contributed by atoms with E-state index in [1.807, 2.05) is 51.1 Å². The number of hydrogen-bond acceptors (Lipinski definition) is 3. The fourth-order valence-electron chi connectivity index (χ4n) is 2.24. The maximum absolute atomic E-state index is 12.3. The van der Waals surface area contributed by atoms with Gasteiger partial charge in [0.25, 0.3) is 5.91 Å². The van der Waals surface area contributed by atoms with Gasteiger partial charge in [-0.3, -0.25) is 4.79 Å². The molecule has 27 heavy (non-hydrogen) atoms. The third kappa shape index (κ3) is 6.98. The van der Waals surface area contributed by atoms with Crippen LogP contribution in [-0.2, 0) is 11.4 Å². The van der Waals surface area contributed by atoms with Crippen LogP contribution in [0.4, 0.5) is 0 Å². The molecule has 2 rings (SSSR count). The van der Waals surface area contributed by atoms with Crippen molar-refractivity contribution in [2.75, 3.05) is 0 Å². The number of rotatable bonds is 7. The van der Waals surface area contributed by atoms with Crippen LogP contribution in [-0.4, -0.2) is 23.0 Å². The van der Waals surface area contributed by atoms with Gasteiger partial charge in [-0.25, -0.2) is 4.79 Å². The van der Waals surface area contributed by atoms with Gasteiger partial charge < -0.3 is 15.2 Å². The molecule has 0 bridgehead atoms. The van der Waals surface area contributed by atoms with Gasteiger partial charge in [-0.2, -0.15) is 0 Å². The lowest BCUT2D eigenvalue weighted by atomic mass is 9.95. The standard InChI is InChI=1S/C22H25NO4/c1-22(2,3)14-13-19(21(25)26)23-20(24)17-11-9-16(10-12-17)15-27-18-7-5-4-6-8-18/h4-14,19H,15H2,1-3H3,(H,23,24)(H,25,26)/b14-13+. The molecular weight excluding hydrogens is 342 g/mol. The van der Waals surface area contributed by atoms with Crippen LogP contribution in [0, 0.1) is 5.41 Å². The predicted molar refractivity (Wildman–Crippen MR) is 105 cm³/mol. The molecule has 0 aliphatic rings. The number of amides is 1. The Hall–Kier alpha value is -3.08. The quantitative estimate of drug-likeness (QED) is 0.724. The highest BCUT2D eigenvalue weighted by atomic mass is 16.5. The molecule has 0 heterocycles. The van der Waals surface area contributed by atoms with Crippen molar-refractivity contribution in [2.45, 2.75) is 33.4 Å². The summed E-state index contributed by atoms with van der Waals surface area (Å²) >= 11 is 0. The molecule has 0 saturated heterocycles. The number of allylic oxidation sites excluding steroid dienone is 1. The fraction of sp³-hybridized carbons (Fsp3) is 0.273. The second-order valence-corrected chi connectivity index (χ2v) is 7.31. The first kappa shape index (κ1) is 20.2. The van der Waals surface area contributed by atoms with Gasteiger partial charge in [0.2, 0.25) is 0 Å². The van der Waals surface area contributed by atoms with Crippen LogP contribution in [0.25, 0.3) is 0 Å². The normalized spacial score (nSPS) is 12.6. The Morgan fingerprint density at radius 1 is 1.07 bits per heavy atom. The van der Waals surface area contributed by atoms with Crippen LogP contribution in [0.1, 0.15) is 36.7 Å². The third-order valence-corrected chi connectivity index (χ3v) is 3.71. The number of nitrogens with one attached hydrogen (secondary N) is 1. The molecule has 0 aliphatic heterocycles. The van der Waals surface area contributed by atoms with E-state index in [2.05, 4.69) is 5.32 Å². The summed E-state index contributed by atoms with van der Waals surface area (Å²) in [6, 6.07) is 15.3. The second kappa shape index (κ2) is 9.03. The zero-order valence-electron chi connectivity index (χ0n) is 15.8. The first-order valence-corrected chi connectivity index (χ1v) is 8.74. The fourth-order valence-corrected chi connectivity index (χ4v) is 2.24. The van der Waals surface area contributed by atoms with Gasteiger partial charge in [-0.05, 0) is 35.2 Å². The molecule has 142 valence electrons. The van der Waals surface area contributed by atoms with Crippen molar-refractivity contribution < 1.29 is 19.4 Å². The molecule has 2 aromatic rings. The van der Waals surface area contributed by atoms with Crippen LogP contribution >= 0.6 is 0 Å². The minimum Gasteiger partial charge on any atom is -0.489 e. The first-order chi connectivity index (χ1) is 12.7. The Morgan fingerprint density at radius 2 is 1.70 bits per heavy atom. The van der Waals surface area contributed by atoms with Crippen LogP contribution in [0.2, 0.25) is 0 Å². The molecule has 1 unspecified atom stereocenters. The van der Waals surface area contributed by atoms with Crippen LogP contribution in [0.5, 0.6) is 5.75 Å². The topological polar surface area (TPSA) is 75.6 Å². The number of carbonyl (C=O) groups is 2. The number of ether oxygens (including phenoxy) is 1.